The minimum atomic E-state index is -2.01. The van der Waals surface area contributed by atoms with Crippen LogP contribution in [0, 0.1) is 0 Å². The van der Waals surface area contributed by atoms with E-state index in [1.165, 1.54) is 58.8 Å². The van der Waals surface area contributed by atoms with Crippen molar-refractivity contribution in [1.82, 2.24) is 0 Å². The van der Waals surface area contributed by atoms with E-state index in [1.54, 1.807) is 30.4 Å². The van der Waals surface area contributed by atoms with Gasteiger partial charge in [0.15, 0.2) is 46.9 Å². The topological polar surface area (TPSA) is 405 Å². The molecule has 5 aromatic rings. The molecule has 4 aromatic carbocycles. The van der Waals surface area contributed by atoms with Gasteiger partial charge in [-0.05, 0) is 47.5 Å². The summed E-state index contributed by atoms with van der Waals surface area (Å²) in [5.41, 5.74) is 0.883. The van der Waals surface area contributed by atoms with Crippen molar-refractivity contribution in [2.45, 2.75) is 92.1 Å². The maximum absolute atomic E-state index is 12.1. The zero-order valence-electron chi connectivity index (χ0n) is 44.3. The van der Waals surface area contributed by atoms with Crippen molar-refractivity contribution in [2.24, 2.45) is 0 Å². The summed E-state index contributed by atoms with van der Waals surface area (Å²) >= 11 is 0. The first-order valence-electron chi connectivity index (χ1n) is 25.3. The standard InChI is InChI=1S/C55H64O27/c1-70-33-13-24(14-34(71-2)41(33)61)7-5-11-74-23-40-45(65)48(68)52(82-54-51(47(67)44(64)39(22-57)80-54)75-12-6-8-25-15-35(72-3)42(62)36(16-25)73-4)55(81-40)78-37-20-28-31(76-50(37)26-9-10-29(59)30(60)17-26)18-27(58)19-32(28)77-53-49(69)46(66)43(63)38(21-56)79-53/h5-10,13-20,38-40,43-49,51-57,63-69H,11-12,21-23H2,1-4H3,(H4-,58,59,60,61,62)/p+1/b7-5+,8-6+/t38-,39-,40-,43-,44-,45-,46+,47+,48+,49-,51-,52-,53-,54+,55-/m1/s1. The lowest BCUT2D eigenvalue weighted by molar-refractivity contribution is -0.361. The molecule has 0 bridgehead atoms. The Morgan fingerprint density at radius 2 is 1.02 bits per heavy atom. The van der Waals surface area contributed by atoms with Crippen LogP contribution < -0.4 is 28.4 Å². The van der Waals surface area contributed by atoms with Crippen LogP contribution in [-0.4, -0.2) is 225 Å². The Labute approximate surface area is 466 Å². The molecule has 0 spiro atoms. The number of ether oxygens (including phenoxy) is 12. The lowest BCUT2D eigenvalue weighted by atomic mass is 9.97. The van der Waals surface area contributed by atoms with Crippen molar-refractivity contribution in [3.05, 3.63) is 83.9 Å². The van der Waals surface area contributed by atoms with Crippen LogP contribution in [0.15, 0.2) is 77.2 Å². The zero-order chi connectivity index (χ0) is 59.1. The van der Waals surface area contributed by atoms with E-state index >= 15 is 0 Å². The van der Waals surface area contributed by atoms with E-state index in [0.29, 0.717) is 11.1 Å². The monoisotopic (exact) mass is 1160 g/mol. The molecular weight excluding hydrogens is 1090 g/mol. The van der Waals surface area contributed by atoms with Crippen molar-refractivity contribution >= 4 is 23.1 Å². The van der Waals surface area contributed by atoms with E-state index in [2.05, 4.69) is 0 Å². The molecule has 0 aliphatic carbocycles. The van der Waals surface area contributed by atoms with E-state index in [9.17, 15) is 71.5 Å². The summed E-state index contributed by atoms with van der Waals surface area (Å²) in [4.78, 5) is 0. The van der Waals surface area contributed by atoms with Gasteiger partial charge in [0.25, 0.3) is 0 Å². The van der Waals surface area contributed by atoms with Crippen LogP contribution in [0.3, 0.4) is 0 Å². The first kappa shape index (κ1) is 61.1. The first-order chi connectivity index (χ1) is 39.3. The third-order valence-electron chi connectivity index (χ3n) is 13.6. The SMILES string of the molecule is COc1cc(/C=C/COC[C@H]2O[C@@H](Oc3cc4c(O[C@@H]5O[C@H](CO)[C@@H](O)[C@H](O)[C@H]5O)cc(O)cc4[o+]c3-c3ccc(O)c(O)c3)[C@H](O[C@@H]3O[C@H](CO)[C@@H](O)[C@H](O)[C@H]3OC/C=C/c3cc(OC)c(O)c(OC)c3)[C@@H](O)[C@@H]2O)cc(OC)c1O. The van der Waals surface area contributed by atoms with Gasteiger partial charge < -0.3 is 128 Å². The fraction of sp³-hybridized carbons (Fsp3) is 0.436. The van der Waals surface area contributed by atoms with Crippen molar-refractivity contribution in [3.63, 3.8) is 0 Å². The van der Waals surface area contributed by atoms with Crippen LogP contribution in [0.5, 0.6) is 63.2 Å². The molecule has 0 saturated carbocycles. The Kier molecular flexibility index (Phi) is 20.0. The molecule has 15 atom stereocenters. The van der Waals surface area contributed by atoms with Gasteiger partial charge in [0.1, 0.15) is 84.0 Å². The zero-order valence-corrected chi connectivity index (χ0v) is 44.3. The molecule has 3 saturated heterocycles. The predicted octanol–water partition coefficient (Wildman–Crippen LogP) is 0.600. The normalized spacial score (nSPS) is 28.6. The Morgan fingerprint density at radius 3 is 1.60 bits per heavy atom. The maximum atomic E-state index is 12.1. The van der Waals surface area contributed by atoms with Gasteiger partial charge in [0.2, 0.25) is 29.8 Å². The van der Waals surface area contributed by atoms with Crippen LogP contribution >= 0.6 is 0 Å². The molecule has 1 aromatic heterocycles. The maximum Gasteiger partial charge on any atom is 0.402 e. The quantitative estimate of drug-likeness (QED) is 0.0256. The number of aromatic hydroxyl groups is 5. The number of aliphatic hydroxyl groups excluding tert-OH is 9. The van der Waals surface area contributed by atoms with Crippen molar-refractivity contribution in [2.75, 3.05) is 61.5 Å². The Morgan fingerprint density at radius 1 is 0.500 bits per heavy atom. The van der Waals surface area contributed by atoms with Gasteiger partial charge in [-0.25, -0.2) is 4.42 Å². The molecule has 0 amide bonds. The van der Waals surface area contributed by atoms with Gasteiger partial charge in [0, 0.05) is 18.2 Å². The first-order valence-corrected chi connectivity index (χ1v) is 25.3. The molecule has 4 heterocycles. The van der Waals surface area contributed by atoms with Gasteiger partial charge >= 0.3 is 11.3 Å². The largest absolute Gasteiger partial charge is 0.507 e. The second-order valence-electron chi connectivity index (χ2n) is 19.0. The number of hydrogen-bond acceptors (Lipinski definition) is 26. The molecular formula is C55H65O27+. The van der Waals surface area contributed by atoms with Crippen LogP contribution in [0.4, 0.5) is 0 Å². The van der Waals surface area contributed by atoms with E-state index < -0.39 is 129 Å². The van der Waals surface area contributed by atoms with E-state index in [0.717, 1.165) is 24.3 Å². The molecule has 27 heteroatoms. The summed E-state index contributed by atoms with van der Waals surface area (Å²) in [6.07, 6.45) is -20.1. The third kappa shape index (κ3) is 13.2. The number of hydrogen-bond donors (Lipinski definition) is 14. The summed E-state index contributed by atoms with van der Waals surface area (Å²) in [5.74, 6) is -2.54. The van der Waals surface area contributed by atoms with Crippen molar-refractivity contribution < 1.29 is 133 Å². The second-order valence-corrected chi connectivity index (χ2v) is 19.0. The van der Waals surface area contributed by atoms with Gasteiger partial charge in [-0.15, -0.1) is 0 Å². The summed E-state index contributed by atoms with van der Waals surface area (Å²) in [6, 6.07) is 13.1. The molecule has 3 aliphatic rings. The van der Waals surface area contributed by atoms with Crippen molar-refractivity contribution in [1.29, 1.82) is 0 Å². The summed E-state index contributed by atoms with van der Waals surface area (Å²) in [5, 5.41) is 151. The molecule has 0 radical (unpaired) electrons. The molecule has 27 nitrogen and oxygen atoms in total. The number of phenols is 5. The fourth-order valence-electron chi connectivity index (χ4n) is 9.22. The lowest BCUT2D eigenvalue weighted by Gasteiger charge is -2.46. The Balaban J connectivity index is 1.16. The van der Waals surface area contributed by atoms with Crippen molar-refractivity contribution in [3.8, 4) is 74.6 Å². The fourth-order valence-corrected chi connectivity index (χ4v) is 9.22. The predicted molar refractivity (Wildman–Crippen MR) is 280 cm³/mol. The number of methoxy groups -OCH3 is 4. The van der Waals surface area contributed by atoms with Gasteiger partial charge in [0.05, 0.1) is 73.1 Å². The summed E-state index contributed by atoms with van der Waals surface area (Å²) < 4.78 is 76.0. The number of rotatable bonds is 22. The lowest BCUT2D eigenvalue weighted by Crippen LogP contribution is -2.65. The summed E-state index contributed by atoms with van der Waals surface area (Å²) in [6.45, 7) is -2.53. The highest BCUT2D eigenvalue weighted by Gasteiger charge is 2.53. The number of fused-ring (bicyclic) bond motifs is 1. The van der Waals surface area contributed by atoms with Crippen LogP contribution in [0.1, 0.15) is 11.1 Å². The average Bonchev–Trinajstić information content (AvgIpc) is 3.56. The number of phenolic OH excluding ortho intramolecular Hbond substituents is 5. The minimum Gasteiger partial charge on any atom is -0.507 e. The number of benzene rings is 4. The Bertz CT molecular complexity index is 2970. The molecule has 8 rings (SSSR count). The molecule has 82 heavy (non-hydrogen) atoms. The summed E-state index contributed by atoms with van der Waals surface area (Å²) in [7, 11) is 5.43. The third-order valence-corrected chi connectivity index (χ3v) is 13.6. The average molecular weight is 1160 g/mol. The van der Waals surface area contributed by atoms with Gasteiger partial charge in [-0.3, -0.25) is 0 Å². The molecule has 14 N–H and O–H groups in total. The van der Waals surface area contributed by atoms with Crippen LogP contribution in [0.25, 0.3) is 34.4 Å². The molecule has 0 unspecified atom stereocenters. The van der Waals surface area contributed by atoms with E-state index in [4.69, 9.17) is 61.3 Å². The smallest absolute Gasteiger partial charge is 0.402 e. The van der Waals surface area contributed by atoms with E-state index in [-0.39, 0.29) is 81.5 Å². The number of aliphatic hydroxyl groups is 9. The second kappa shape index (κ2) is 26.9. The molecule has 3 aliphatic heterocycles. The minimum absolute atomic E-state index is 0.0144. The highest BCUT2D eigenvalue weighted by atomic mass is 16.8. The van der Waals surface area contributed by atoms with Gasteiger partial charge in [-0.2, -0.15) is 0 Å². The molecule has 3 fully saturated rings. The van der Waals surface area contributed by atoms with Crippen LogP contribution in [0.2, 0.25) is 0 Å². The highest BCUT2D eigenvalue weighted by Crippen LogP contribution is 2.45. The van der Waals surface area contributed by atoms with E-state index in [1.807, 2.05) is 0 Å². The molecule has 446 valence electrons. The van der Waals surface area contributed by atoms with Crippen LogP contribution in [-0.2, 0) is 28.4 Å². The van der Waals surface area contributed by atoms with Gasteiger partial charge in [-0.1, -0.05) is 24.3 Å². The highest BCUT2D eigenvalue weighted by molar-refractivity contribution is 5.89. The Hall–Kier alpha value is -7.03.